The van der Waals surface area contributed by atoms with Crippen molar-refractivity contribution in [3.8, 4) is 11.4 Å². The van der Waals surface area contributed by atoms with Crippen LogP contribution in [0.1, 0.15) is 60.6 Å². The molecule has 2 heterocycles. The van der Waals surface area contributed by atoms with Crippen LogP contribution in [-0.2, 0) is 0 Å². The van der Waals surface area contributed by atoms with Crippen LogP contribution in [0, 0.1) is 0 Å². The van der Waals surface area contributed by atoms with Gasteiger partial charge in [0.25, 0.3) is 5.91 Å². The van der Waals surface area contributed by atoms with Gasteiger partial charge in [0.05, 0.1) is 0 Å². The summed E-state index contributed by atoms with van der Waals surface area (Å²) in [6, 6.07) is 7.70. The Labute approximate surface area is 136 Å². The maximum atomic E-state index is 12.6. The Morgan fingerprint density at radius 1 is 1.04 bits per heavy atom. The first-order valence-corrected chi connectivity index (χ1v) is 8.63. The molecule has 1 N–H and O–H groups in total. The second kappa shape index (κ2) is 6.14. The Morgan fingerprint density at radius 2 is 1.74 bits per heavy atom. The summed E-state index contributed by atoms with van der Waals surface area (Å²) in [4.78, 5) is 19.1. The highest BCUT2D eigenvalue weighted by Crippen LogP contribution is 2.38. The van der Waals surface area contributed by atoms with Crippen LogP contribution in [0.4, 0.5) is 0 Å². The number of benzene rings is 1. The van der Waals surface area contributed by atoms with Crippen LogP contribution in [-0.4, -0.2) is 39.1 Å². The molecule has 1 saturated carbocycles. The molecule has 0 atom stereocenters. The molecule has 1 saturated heterocycles. The van der Waals surface area contributed by atoms with Crippen molar-refractivity contribution in [2.24, 2.45) is 0 Å². The van der Waals surface area contributed by atoms with Gasteiger partial charge in [-0.05, 0) is 37.8 Å². The lowest BCUT2D eigenvalue weighted by molar-refractivity contribution is 0.0761. The lowest BCUT2D eigenvalue weighted by atomic mass is 10.1. The number of carbonyl (C=O) groups is 1. The lowest BCUT2D eigenvalue weighted by Gasteiger charge is -2.20. The first-order valence-electron chi connectivity index (χ1n) is 8.63. The average molecular weight is 310 g/mol. The molecule has 2 aliphatic rings. The number of hydrogen-bond donors (Lipinski definition) is 1. The quantitative estimate of drug-likeness (QED) is 0.945. The van der Waals surface area contributed by atoms with Gasteiger partial charge in [0.15, 0.2) is 5.82 Å². The number of aromatic nitrogens is 3. The van der Waals surface area contributed by atoms with E-state index in [0.717, 1.165) is 48.7 Å². The molecular formula is C18H22N4O. The fourth-order valence-corrected chi connectivity index (χ4v) is 3.16. The summed E-state index contributed by atoms with van der Waals surface area (Å²) in [6.45, 7) is 1.76. The van der Waals surface area contributed by atoms with Gasteiger partial charge >= 0.3 is 0 Å². The smallest absolute Gasteiger partial charge is 0.253 e. The van der Waals surface area contributed by atoms with Gasteiger partial charge in [-0.15, -0.1) is 0 Å². The summed E-state index contributed by atoms with van der Waals surface area (Å²) in [5.74, 6) is 2.43. The SMILES string of the molecule is O=C(c1ccc(-c2n[nH]c(C3CC3)n2)cc1)N1CCCCCC1. The number of nitrogens with one attached hydrogen (secondary N) is 1. The molecule has 0 bridgehead atoms. The Morgan fingerprint density at radius 3 is 2.39 bits per heavy atom. The number of amides is 1. The van der Waals surface area contributed by atoms with Crippen molar-refractivity contribution in [1.82, 2.24) is 20.1 Å². The summed E-state index contributed by atoms with van der Waals surface area (Å²) < 4.78 is 0. The molecule has 1 aliphatic heterocycles. The molecule has 4 rings (SSSR count). The molecule has 0 spiro atoms. The highest BCUT2D eigenvalue weighted by atomic mass is 16.2. The van der Waals surface area contributed by atoms with Crippen LogP contribution in [0.5, 0.6) is 0 Å². The molecule has 0 radical (unpaired) electrons. The standard InChI is InChI=1S/C18H22N4O/c23-18(22-11-3-1-2-4-12-22)15-9-7-14(8-10-15)17-19-16(20-21-17)13-5-6-13/h7-10,13H,1-6,11-12H2,(H,19,20,21). The Balaban J connectivity index is 1.49. The maximum Gasteiger partial charge on any atom is 0.253 e. The molecule has 2 aromatic rings. The van der Waals surface area contributed by atoms with Gasteiger partial charge in [0.1, 0.15) is 5.82 Å². The number of H-pyrrole nitrogens is 1. The molecule has 5 heteroatoms. The van der Waals surface area contributed by atoms with Gasteiger partial charge < -0.3 is 4.90 Å². The molecule has 0 unspecified atom stereocenters. The van der Waals surface area contributed by atoms with Crippen molar-refractivity contribution in [3.05, 3.63) is 35.7 Å². The molecule has 1 aliphatic carbocycles. The number of rotatable bonds is 3. The van der Waals surface area contributed by atoms with Crippen molar-refractivity contribution in [3.63, 3.8) is 0 Å². The minimum atomic E-state index is 0.145. The van der Waals surface area contributed by atoms with Crippen molar-refractivity contribution < 1.29 is 4.79 Å². The number of carbonyl (C=O) groups excluding carboxylic acids is 1. The van der Waals surface area contributed by atoms with E-state index in [1.54, 1.807) is 0 Å². The van der Waals surface area contributed by atoms with Crippen LogP contribution in [0.15, 0.2) is 24.3 Å². The predicted molar refractivity (Wildman–Crippen MR) is 88.2 cm³/mol. The Hall–Kier alpha value is -2.17. The van der Waals surface area contributed by atoms with E-state index < -0.39 is 0 Å². The highest BCUT2D eigenvalue weighted by molar-refractivity contribution is 5.94. The topological polar surface area (TPSA) is 61.9 Å². The first-order chi connectivity index (χ1) is 11.3. The van der Waals surface area contributed by atoms with Gasteiger partial charge in [-0.1, -0.05) is 25.0 Å². The summed E-state index contributed by atoms with van der Waals surface area (Å²) in [5.41, 5.74) is 1.72. The molecular weight excluding hydrogens is 288 g/mol. The highest BCUT2D eigenvalue weighted by Gasteiger charge is 2.27. The second-order valence-corrected chi connectivity index (χ2v) is 6.60. The summed E-state index contributed by atoms with van der Waals surface area (Å²) in [7, 11) is 0. The number of likely N-dealkylation sites (tertiary alicyclic amines) is 1. The van der Waals surface area contributed by atoms with E-state index in [9.17, 15) is 4.79 Å². The van der Waals surface area contributed by atoms with Crippen molar-refractivity contribution in [1.29, 1.82) is 0 Å². The largest absolute Gasteiger partial charge is 0.339 e. The average Bonchev–Trinajstić information content (AvgIpc) is 3.38. The van der Waals surface area contributed by atoms with E-state index in [4.69, 9.17) is 0 Å². The third-order valence-corrected chi connectivity index (χ3v) is 4.75. The van der Waals surface area contributed by atoms with Crippen molar-refractivity contribution in [2.45, 2.75) is 44.4 Å². The maximum absolute atomic E-state index is 12.6. The summed E-state index contributed by atoms with van der Waals surface area (Å²) in [5, 5.41) is 7.32. The van der Waals surface area contributed by atoms with Crippen LogP contribution in [0.3, 0.4) is 0 Å². The monoisotopic (exact) mass is 310 g/mol. The molecule has 1 amide bonds. The van der Waals surface area contributed by atoms with Gasteiger partial charge in [-0.2, -0.15) is 5.10 Å². The zero-order valence-electron chi connectivity index (χ0n) is 13.3. The van der Waals surface area contributed by atoms with E-state index >= 15 is 0 Å². The first kappa shape index (κ1) is 14.4. The van der Waals surface area contributed by atoms with Crippen molar-refractivity contribution >= 4 is 5.91 Å². The van der Waals surface area contributed by atoms with Crippen LogP contribution < -0.4 is 0 Å². The minimum Gasteiger partial charge on any atom is -0.339 e. The van der Waals surface area contributed by atoms with E-state index in [0.29, 0.717) is 5.92 Å². The van der Waals surface area contributed by atoms with E-state index in [1.807, 2.05) is 29.2 Å². The zero-order chi connectivity index (χ0) is 15.6. The third kappa shape index (κ3) is 3.14. The van der Waals surface area contributed by atoms with Crippen LogP contribution >= 0.6 is 0 Å². The van der Waals surface area contributed by atoms with Crippen LogP contribution in [0.25, 0.3) is 11.4 Å². The van der Waals surface area contributed by atoms with Crippen LogP contribution in [0.2, 0.25) is 0 Å². The van der Waals surface area contributed by atoms with Gasteiger partial charge in [0.2, 0.25) is 0 Å². The molecule has 5 nitrogen and oxygen atoms in total. The minimum absolute atomic E-state index is 0.145. The summed E-state index contributed by atoms with van der Waals surface area (Å²) in [6.07, 6.45) is 7.11. The lowest BCUT2D eigenvalue weighted by Crippen LogP contribution is -2.31. The Kier molecular flexibility index (Phi) is 3.85. The fourth-order valence-electron chi connectivity index (χ4n) is 3.16. The predicted octanol–water partition coefficient (Wildman–Crippen LogP) is 3.37. The third-order valence-electron chi connectivity index (χ3n) is 4.75. The molecule has 120 valence electrons. The van der Waals surface area contributed by atoms with Crippen molar-refractivity contribution in [2.75, 3.05) is 13.1 Å². The number of aromatic amines is 1. The van der Waals surface area contributed by atoms with Gasteiger partial charge in [-0.25, -0.2) is 4.98 Å². The summed E-state index contributed by atoms with van der Waals surface area (Å²) >= 11 is 0. The molecule has 23 heavy (non-hydrogen) atoms. The van der Waals surface area contributed by atoms with Gasteiger partial charge in [0, 0.05) is 30.1 Å². The molecule has 2 fully saturated rings. The van der Waals surface area contributed by atoms with Gasteiger partial charge in [-0.3, -0.25) is 9.89 Å². The van der Waals surface area contributed by atoms with E-state index in [2.05, 4.69) is 15.2 Å². The van der Waals surface area contributed by atoms with E-state index in [-0.39, 0.29) is 5.91 Å². The molecule has 1 aromatic heterocycles. The second-order valence-electron chi connectivity index (χ2n) is 6.60. The zero-order valence-corrected chi connectivity index (χ0v) is 13.3. The fraction of sp³-hybridized carbons (Fsp3) is 0.500. The number of hydrogen-bond acceptors (Lipinski definition) is 3. The Bertz CT molecular complexity index is 679. The van der Waals surface area contributed by atoms with E-state index in [1.165, 1.54) is 25.7 Å². The number of nitrogens with zero attached hydrogens (tertiary/aromatic N) is 3. The normalized spacial score (nSPS) is 18.7. The molecule has 1 aromatic carbocycles.